The Morgan fingerprint density at radius 3 is 2.62 bits per heavy atom. The van der Waals surface area contributed by atoms with E-state index in [0.29, 0.717) is 33.4 Å². The number of ether oxygens (including phenoxy) is 2. The number of halogens is 1. The Morgan fingerprint density at radius 2 is 1.95 bits per heavy atom. The minimum Gasteiger partial charge on any atom is -0.458 e. The molecule has 0 spiro atoms. The maximum absolute atomic E-state index is 14.7. The van der Waals surface area contributed by atoms with Crippen molar-refractivity contribution < 1.29 is 28.6 Å². The van der Waals surface area contributed by atoms with Crippen LogP contribution in [0.5, 0.6) is 0 Å². The maximum Gasteiger partial charge on any atom is 0.340 e. The van der Waals surface area contributed by atoms with Crippen LogP contribution in [0.1, 0.15) is 61.6 Å². The van der Waals surface area contributed by atoms with E-state index in [-0.39, 0.29) is 48.9 Å². The summed E-state index contributed by atoms with van der Waals surface area (Å²) in [5.74, 6) is -1.61. The van der Waals surface area contributed by atoms with Gasteiger partial charge in [0.15, 0.2) is 6.10 Å². The van der Waals surface area contributed by atoms with Crippen LogP contribution in [0.25, 0.3) is 22.3 Å². The first kappa shape index (κ1) is 27.9. The van der Waals surface area contributed by atoms with E-state index in [1.807, 2.05) is 33.8 Å². The number of benzene rings is 1. The summed E-state index contributed by atoms with van der Waals surface area (Å²) in [4.78, 5) is 41.3. The molecule has 5 rings (SSSR count). The highest BCUT2D eigenvalue weighted by atomic mass is 19.1. The number of fused-ring (bicyclic) bond motifs is 5. The van der Waals surface area contributed by atoms with Crippen molar-refractivity contribution in [3.63, 3.8) is 0 Å². The number of aliphatic hydroxyl groups is 1. The molecule has 2 aromatic heterocycles. The highest BCUT2D eigenvalue weighted by molar-refractivity contribution is 5.89. The Morgan fingerprint density at radius 1 is 1.24 bits per heavy atom. The fourth-order valence-corrected chi connectivity index (χ4v) is 4.40. The van der Waals surface area contributed by atoms with Crippen LogP contribution in [0.2, 0.25) is 0 Å². The van der Waals surface area contributed by atoms with Gasteiger partial charge >= 0.3 is 5.97 Å². The first-order valence-electron chi connectivity index (χ1n) is 12.3. The van der Waals surface area contributed by atoms with E-state index in [4.69, 9.17) is 9.47 Å². The van der Waals surface area contributed by atoms with Gasteiger partial charge in [0.25, 0.3) is 5.56 Å². The molecular weight excluding hydrogens is 481 g/mol. The standard InChI is InChI=1S/C23H20FN3O6.2C2H6/c1-10-14(6-25-19(28)9-32-2)12-3-11-7-27-18(20(11)26-17(12)5-16(10)24)4-13-15(22(27)30)8-33-23(31)21(13)29;2*1-2/h3-5,21,29H,6-9H2,1-2H3,(H,25,28);2*1-2H3. The predicted octanol–water partition coefficient (Wildman–Crippen LogP) is 3.28. The predicted molar refractivity (Wildman–Crippen MR) is 136 cm³/mol. The summed E-state index contributed by atoms with van der Waals surface area (Å²) < 4.78 is 25.9. The van der Waals surface area contributed by atoms with Gasteiger partial charge in [-0.05, 0) is 30.2 Å². The molecule has 1 unspecified atom stereocenters. The van der Waals surface area contributed by atoms with E-state index in [0.717, 1.165) is 5.56 Å². The number of amides is 1. The number of aromatic nitrogens is 2. The molecule has 2 N–H and O–H groups in total. The van der Waals surface area contributed by atoms with Crippen LogP contribution in [0.15, 0.2) is 23.0 Å². The van der Waals surface area contributed by atoms with Gasteiger partial charge in [-0.25, -0.2) is 14.2 Å². The molecule has 0 fully saturated rings. The van der Waals surface area contributed by atoms with E-state index < -0.39 is 17.9 Å². The molecule has 9 nitrogen and oxygen atoms in total. The third-order valence-electron chi connectivity index (χ3n) is 6.15. The van der Waals surface area contributed by atoms with Gasteiger partial charge in [-0.1, -0.05) is 27.7 Å². The zero-order chi connectivity index (χ0) is 27.4. The van der Waals surface area contributed by atoms with Gasteiger partial charge in [0.1, 0.15) is 19.0 Å². The maximum atomic E-state index is 14.7. The largest absolute Gasteiger partial charge is 0.458 e. The second-order valence-electron chi connectivity index (χ2n) is 8.10. The van der Waals surface area contributed by atoms with Crippen LogP contribution in [0, 0.1) is 12.7 Å². The monoisotopic (exact) mass is 513 g/mol. The molecule has 0 aliphatic carbocycles. The number of carbonyl (C=O) groups is 2. The fourth-order valence-electron chi connectivity index (χ4n) is 4.40. The van der Waals surface area contributed by atoms with Crippen molar-refractivity contribution in [3.8, 4) is 11.4 Å². The van der Waals surface area contributed by atoms with E-state index in [1.165, 1.54) is 17.7 Å². The lowest BCUT2D eigenvalue weighted by Crippen LogP contribution is -2.32. The van der Waals surface area contributed by atoms with Crippen molar-refractivity contribution in [2.24, 2.45) is 0 Å². The van der Waals surface area contributed by atoms with Gasteiger partial charge in [-0.2, -0.15) is 0 Å². The highest BCUT2D eigenvalue weighted by Crippen LogP contribution is 2.36. The molecule has 1 aromatic carbocycles. The lowest BCUT2D eigenvalue weighted by molar-refractivity contribution is -0.157. The van der Waals surface area contributed by atoms with Crippen molar-refractivity contribution in [2.45, 2.75) is 60.4 Å². The number of aliphatic hydroxyl groups excluding tert-OH is 1. The number of hydrogen-bond donors (Lipinski definition) is 2. The molecule has 0 saturated heterocycles. The average molecular weight is 514 g/mol. The van der Waals surface area contributed by atoms with Gasteiger partial charge in [-0.15, -0.1) is 0 Å². The smallest absolute Gasteiger partial charge is 0.340 e. The van der Waals surface area contributed by atoms with Gasteiger partial charge in [0, 0.05) is 36.2 Å². The number of hydrogen-bond acceptors (Lipinski definition) is 7. The van der Waals surface area contributed by atoms with E-state index in [1.54, 1.807) is 13.0 Å². The van der Waals surface area contributed by atoms with E-state index >= 15 is 0 Å². The van der Waals surface area contributed by atoms with Gasteiger partial charge < -0.3 is 24.5 Å². The van der Waals surface area contributed by atoms with Crippen molar-refractivity contribution in [2.75, 3.05) is 13.7 Å². The average Bonchev–Trinajstić information content (AvgIpc) is 3.26. The summed E-state index contributed by atoms with van der Waals surface area (Å²) in [6, 6.07) is 4.73. The molecule has 198 valence electrons. The topological polar surface area (TPSA) is 120 Å². The van der Waals surface area contributed by atoms with Gasteiger partial charge in [-0.3, -0.25) is 9.59 Å². The third-order valence-corrected chi connectivity index (χ3v) is 6.15. The van der Waals surface area contributed by atoms with Crippen LogP contribution in [0.4, 0.5) is 4.39 Å². The number of cyclic esters (lactones) is 1. The second kappa shape index (κ2) is 11.6. The third kappa shape index (κ3) is 4.99. The van der Waals surface area contributed by atoms with Crippen LogP contribution < -0.4 is 10.9 Å². The molecule has 1 amide bonds. The van der Waals surface area contributed by atoms with Crippen molar-refractivity contribution >= 4 is 22.8 Å². The number of rotatable bonds is 4. The molecule has 3 aromatic rings. The molecule has 2 aliphatic heterocycles. The molecule has 10 heteroatoms. The van der Waals surface area contributed by atoms with Crippen LogP contribution >= 0.6 is 0 Å². The van der Waals surface area contributed by atoms with Crippen LogP contribution in [-0.2, 0) is 38.8 Å². The Bertz CT molecular complexity index is 1420. The summed E-state index contributed by atoms with van der Waals surface area (Å²) in [6.45, 7) is 9.64. The lowest BCUT2D eigenvalue weighted by Gasteiger charge is -2.21. The summed E-state index contributed by atoms with van der Waals surface area (Å²) in [7, 11) is 1.41. The summed E-state index contributed by atoms with van der Waals surface area (Å²) in [6.07, 6.45) is -1.54. The summed E-state index contributed by atoms with van der Waals surface area (Å²) >= 11 is 0. The Hall–Kier alpha value is -3.63. The second-order valence-corrected chi connectivity index (χ2v) is 8.10. The van der Waals surface area contributed by atoms with Crippen LogP contribution in [0.3, 0.4) is 0 Å². The number of esters is 1. The number of nitrogens with zero attached hydrogens (tertiary/aromatic N) is 2. The molecule has 1 atom stereocenters. The number of nitrogens with one attached hydrogen (secondary N) is 1. The summed E-state index contributed by atoms with van der Waals surface area (Å²) in [5, 5.41) is 13.6. The van der Waals surface area contributed by atoms with Crippen LogP contribution in [-0.4, -0.2) is 40.3 Å². The van der Waals surface area contributed by atoms with Gasteiger partial charge in [0.2, 0.25) is 5.91 Å². The number of pyridine rings is 2. The van der Waals surface area contributed by atoms with Crippen molar-refractivity contribution in [1.82, 2.24) is 14.9 Å². The first-order chi connectivity index (χ1) is 17.8. The van der Waals surface area contributed by atoms with Crippen molar-refractivity contribution in [3.05, 3.63) is 62.2 Å². The number of methoxy groups -OCH3 is 1. The lowest BCUT2D eigenvalue weighted by atomic mass is 9.98. The molecule has 37 heavy (non-hydrogen) atoms. The normalized spacial score (nSPS) is 14.8. The van der Waals surface area contributed by atoms with E-state index in [9.17, 15) is 23.9 Å². The molecule has 0 saturated carbocycles. The number of carbonyl (C=O) groups excluding carboxylic acids is 2. The fraction of sp³-hybridized carbons (Fsp3) is 0.407. The minimum absolute atomic E-state index is 0.0928. The zero-order valence-corrected chi connectivity index (χ0v) is 21.9. The van der Waals surface area contributed by atoms with E-state index in [2.05, 4.69) is 10.3 Å². The Balaban J connectivity index is 0.000000907. The minimum atomic E-state index is -1.54. The molecule has 2 aliphatic rings. The molecule has 0 bridgehead atoms. The SMILES string of the molecule is CC.CC.COCC(=O)NCc1c(C)c(F)cc2nc3c(cc12)Cn1c-3cc2c(c1=O)COC(=O)C2O. The Labute approximate surface area is 214 Å². The molecular formula is C27H32FN3O6. The van der Waals surface area contributed by atoms with Gasteiger partial charge in [0.05, 0.1) is 29.0 Å². The Kier molecular flexibility index (Phi) is 8.77. The molecule has 4 heterocycles. The first-order valence-corrected chi connectivity index (χ1v) is 12.3. The quantitative estimate of drug-likeness (QED) is 0.402. The summed E-state index contributed by atoms with van der Waals surface area (Å²) in [5.41, 5.74) is 3.06. The van der Waals surface area contributed by atoms with Crippen molar-refractivity contribution in [1.29, 1.82) is 0 Å². The highest BCUT2D eigenvalue weighted by Gasteiger charge is 2.34. The molecule has 0 radical (unpaired) electrons. The zero-order valence-electron chi connectivity index (χ0n) is 21.9.